The molecule has 0 aromatic heterocycles. The van der Waals surface area contributed by atoms with Gasteiger partial charge in [-0.1, -0.05) is 34.1 Å². The molecule has 4 heteroatoms. The van der Waals surface area contributed by atoms with E-state index in [9.17, 15) is 4.79 Å². The van der Waals surface area contributed by atoms with Crippen molar-refractivity contribution in [1.29, 1.82) is 0 Å². The molecule has 0 unspecified atom stereocenters. The quantitative estimate of drug-likeness (QED) is 0.661. The average Bonchev–Trinajstić information content (AvgIpc) is 2.49. The Kier molecular flexibility index (Phi) is 5.80. The third-order valence-corrected chi connectivity index (χ3v) is 4.37. The largest absolute Gasteiger partial charge is 0.388 e. The van der Waals surface area contributed by atoms with E-state index in [-0.39, 0.29) is 0 Å². The van der Waals surface area contributed by atoms with Crippen LogP contribution >= 0.6 is 15.9 Å². The number of nitrogens with one attached hydrogen (secondary N) is 1. The van der Waals surface area contributed by atoms with Gasteiger partial charge in [0.15, 0.2) is 6.29 Å². The van der Waals surface area contributed by atoms with Gasteiger partial charge in [0.1, 0.15) is 0 Å². The smallest absolute Gasteiger partial charge is 0.152 e. The molecule has 1 aromatic rings. The molecule has 1 heterocycles. The predicted octanol–water partition coefficient (Wildman–Crippen LogP) is 3.40. The van der Waals surface area contributed by atoms with Crippen LogP contribution in [0.15, 0.2) is 34.4 Å². The van der Waals surface area contributed by atoms with Gasteiger partial charge in [0.25, 0.3) is 0 Å². The Labute approximate surface area is 128 Å². The molecule has 1 fully saturated rings. The lowest BCUT2D eigenvalue weighted by atomic mass is 10.00. The third-order valence-electron chi connectivity index (χ3n) is 3.68. The van der Waals surface area contributed by atoms with Crippen molar-refractivity contribution in [2.75, 3.05) is 19.8 Å². The Morgan fingerprint density at radius 2 is 2.10 bits per heavy atom. The number of carbonyl (C=O) groups is 1. The van der Waals surface area contributed by atoms with E-state index in [4.69, 9.17) is 4.74 Å². The monoisotopic (exact) mass is 337 g/mol. The predicted molar refractivity (Wildman–Crippen MR) is 84.3 cm³/mol. The van der Waals surface area contributed by atoms with E-state index in [2.05, 4.69) is 21.2 Å². The van der Waals surface area contributed by atoms with Gasteiger partial charge in [-0.2, -0.15) is 0 Å². The first-order chi connectivity index (χ1) is 9.72. The number of halogens is 1. The van der Waals surface area contributed by atoms with Crippen LogP contribution in [0.3, 0.4) is 0 Å². The summed E-state index contributed by atoms with van der Waals surface area (Å²) in [6, 6.07) is 7.79. The number of allylic oxidation sites excluding steroid dienone is 2. The topological polar surface area (TPSA) is 38.3 Å². The van der Waals surface area contributed by atoms with Gasteiger partial charge < -0.3 is 10.1 Å². The number of benzene rings is 1. The van der Waals surface area contributed by atoms with E-state index >= 15 is 0 Å². The van der Waals surface area contributed by atoms with E-state index in [0.717, 1.165) is 54.6 Å². The van der Waals surface area contributed by atoms with Crippen molar-refractivity contribution in [2.24, 2.45) is 5.92 Å². The summed E-state index contributed by atoms with van der Waals surface area (Å²) >= 11 is 3.50. The van der Waals surface area contributed by atoms with Crippen LogP contribution in [0.25, 0.3) is 5.57 Å². The van der Waals surface area contributed by atoms with Crippen LogP contribution in [0.4, 0.5) is 0 Å². The first-order valence-electron chi connectivity index (χ1n) is 6.95. The summed E-state index contributed by atoms with van der Waals surface area (Å²) in [5, 5.41) is 3.40. The van der Waals surface area contributed by atoms with Gasteiger partial charge in [0, 0.05) is 41.1 Å². The Bertz CT molecular complexity index is 493. The first-order valence-corrected chi connectivity index (χ1v) is 7.74. The fourth-order valence-corrected chi connectivity index (χ4v) is 2.88. The Morgan fingerprint density at radius 3 is 2.75 bits per heavy atom. The molecule has 1 aliphatic rings. The third kappa shape index (κ3) is 3.93. The first kappa shape index (κ1) is 15.3. The van der Waals surface area contributed by atoms with Crippen molar-refractivity contribution >= 4 is 27.8 Å². The van der Waals surface area contributed by atoms with E-state index in [1.165, 1.54) is 0 Å². The molecule has 1 aliphatic heterocycles. The molecule has 1 saturated heterocycles. The molecule has 108 valence electrons. The Morgan fingerprint density at radius 1 is 1.40 bits per heavy atom. The lowest BCUT2D eigenvalue weighted by Gasteiger charge is -2.23. The summed E-state index contributed by atoms with van der Waals surface area (Å²) in [6.07, 6.45) is 3.10. The number of rotatable bonds is 5. The Balaban J connectivity index is 2.07. The number of aldehydes is 1. The second kappa shape index (κ2) is 7.60. The minimum absolute atomic E-state index is 0.630. The zero-order valence-electron chi connectivity index (χ0n) is 11.7. The van der Waals surface area contributed by atoms with Crippen molar-refractivity contribution in [3.05, 3.63) is 40.0 Å². The second-order valence-electron chi connectivity index (χ2n) is 5.07. The van der Waals surface area contributed by atoms with Crippen molar-refractivity contribution in [1.82, 2.24) is 5.32 Å². The molecular formula is C16H20BrNO2. The maximum Gasteiger partial charge on any atom is 0.152 e. The molecule has 0 radical (unpaired) electrons. The fourth-order valence-electron chi connectivity index (χ4n) is 2.38. The zero-order valence-corrected chi connectivity index (χ0v) is 13.3. The maximum absolute atomic E-state index is 11.4. The molecule has 2 rings (SSSR count). The second-order valence-corrected chi connectivity index (χ2v) is 5.93. The van der Waals surface area contributed by atoms with Crippen molar-refractivity contribution in [3.63, 3.8) is 0 Å². The van der Waals surface area contributed by atoms with Crippen LogP contribution in [0.2, 0.25) is 0 Å². The number of hydrogen-bond donors (Lipinski definition) is 1. The Hall–Kier alpha value is -1.13. The molecule has 20 heavy (non-hydrogen) atoms. The van der Waals surface area contributed by atoms with Crippen LogP contribution in [0, 0.1) is 5.92 Å². The van der Waals surface area contributed by atoms with Gasteiger partial charge in [-0.25, -0.2) is 0 Å². The summed E-state index contributed by atoms with van der Waals surface area (Å²) in [5.41, 5.74) is 2.57. The molecular weight excluding hydrogens is 318 g/mol. The van der Waals surface area contributed by atoms with Crippen LogP contribution in [0.1, 0.15) is 25.3 Å². The number of ether oxygens (including phenoxy) is 1. The van der Waals surface area contributed by atoms with Gasteiger partial charge >= 0.3 is 0 Å². The van der Waals surface area contributed by atoms with Crippen LogP contribution in [-0.2, 0) is 9.53 Å². The lowest BCUT2D eigenvalue weighted by molar-refractivity contribution is -0.103. The fraction of sp³-hybridized carbons (Fsp3) is 0.438. The normalized spacial score (nSPS) is 17.5. The summed E-state index contributed by atoms with van der Waals surface area (Å²) in [6.45, 7) is 4.55. The standard InChI is InChI=1S/C16H20BrNO2/c1-12(18-10-13-6-8-20-9-7-13)15(11-19)14-4-2-3-5-16(14)17/h2-5,11,13,18H,6-10H2,1H3/b15-12+. The highest BCUT2D eigenvalue weighted by Gasteiger charge is 2.14. The van der Waals surface area contributed by atoms with Crippen molar-refractivity contribution in [2.45, 2.75) is 19.8 Å². The molecule has 0 atom stereocenters. The molecule has 0 aliphatic carbocycles. The summed E-state index contributed by atoms with van der Waals surface area (Å²) < 4.78 is 6.30. The highest BCUT2D eigenvalue weighted by molar-refractivity contribution is 9.10. The maximum atomic E-state index is 11.4. The van der Waals surface area contributed by atoms with E-state index in [0.29, 0.717) is 11.5 Å². The molecule has 1 N–H and O–H groups in total. The summed E-state index contributed by atoms with van der Waals surface area (Å²) in [7, 11) is 0. The molecule has 3 nitrogen and oxygen atoms in total. The minimum atomic E-state index is 0.630. The van der Waals surface area contributed by atoms with E-state index in [1.54, 1.807) is 0 Å². The molecule has 0 saturated carbocycles. The van der Waals surface area contributed by atoms with Crippen LogP contribution in [0.5, 0.6) is 0 Å². The SMILES string of the molecule is C/C(NCC1CCOCC1)=C(/C=O)c1ccccc1Br. The number of hydrogen-bond acceptors (Lipinski definition) is 3. The van der Waals surface area contributed by atoms with Gasteiger partial charge in [-0.05, 0) is 31.7 Å². The van der Waals surface area contributed by atoms with E-state index in [1.807, 2.05) is 31.2 Å². The van der Waals surface area contributed by atoms with Crippen LogP contribution < -0.4 is 5.32 Å². The van der Waals surface area contributed by atoms with Gasteiger partial charge in [0.05, 0.1) is 0 Å². The van der Waals surface area contributed by atoms with Crippen molar-refractivity contribution < 1.29 is 9.53 Å². The summed E-state index contributed by atoms with van der Waals surface area (Å²) in [4.78, 5) is 11.4. The molecule has 0 spiro atoms. The minimum Gasteiger partial charge on any atom is -0.388 e. The van der Waals surface area contributed by atoms with Crippen LogP contribution in [-0.4, -0.2) is 26.0 Å². The van der Waals surface area contributed by atoms with Crippen molar-refractivity contribution in [3.8, 4) is 0 Å². The molecule has 0 amide bonds. The highest BCUT2D eigenvalue weighted by atomic mass is 79.9. The van der Waals surface area contributed by atoms with Gasteiger partial charge in [0.2, 0.25) is 0 Å². The lowest BCUT2D eigenvalue weighted by Crippen LogP contribution is -2.27. The summed E-state index contributed by atoms with van der Waals surface area (Å²) in [5.74, 6) is 0.630. The van der Waals surface area contributed by atoms with Gasteiger partial charge in [-0.15, -0.1) is 0 Å². The average molecular weight is 338 g/mol. The number of carbonyl (C=O) groups excluding carboxylic acids is 1. The van der Waals surface area contributed by atoms with E-state index < -0.39 is 0 Å². The highest BCUT2D eigenvalue weighted by Crippen LogP contribution is 2.24. The van der Waals surface area contributed by atoms with Gasteiger partial charge in [-0.3, -0.25) is 4.79 Å². The zero-order chi connectivity index (χ0) is 14.4. The molecule has 0 bridgehead atoms. The molecule has 1 aromatic carbocycles.